The van der Waals surface area contributed by atoms with Gasteiger partial charge in [-0.2, -0.15) is 0 Å². The summed E-state index contributed by atoms with van der Waals surface area (Å²) >= 11 is 7.59. The van der Waals surface area contributed by atoms with Crippen LogP contribution >= 0.6 is 31.9 Å². The third-order valence-corrected chi connectivity index (χ3v) is 7.94. The largest absolute Gasteiger partial charge is 0.294 e. The predicted molar refractivity (Wildman–Crippen MR) is 65.2 cm³/mol. The van der Waals surface area contributed by atoms with Crippen molar-refractivity contribution in [3.05, 3.63) is 11.1 Å². The van der Waals surface area contributed by atoms with Gasteiger partial charge in [-0.1, -0.05) is 43.9 Å². The van der Waals surface area contributed by atoms with Gasteiger partial charge in [0.2, 0.25) is 0 Å². The molecule has 0 N–H and O–H groups in total. The highest BCUT2D eigenvalue weighted by molar-refractivity contribution is 9.25. The third-order valence-electron chi connectivity index (χ3n) is 5.24. The summed E-state index contributed by atoms with van der Waals surface area (Å²) in [5, 5.41) is 0. The molecule has 0 saturated heterocycles. The van der Waals surface area contributed by atoms with Crippen LogP contribution in [-0.2, 0) is 4.79 Å². The number of allylic oxidation sites excluding steroid dienone is 2. The van der Waals surface area contributed by atoms with Crippen molar-refractivity contribution in [3.8, 4) is 0 Å². The highest BCUT2D eigenvalue weighted by Crippen LogP contribution is 2.92. The first-order valence-corrected chi connectivity index (χ1v) is 7.33. The van der Waals surface area contributed by atoms with Crippen LogP contribution in [0.5, 0.6) is 0 Å². The van der Waals surface area contributed by atoms with Crippen LogP contribution < -0.4 is 0 Å². The van der Waals surface area contributed by atoms with Gasteiger partial charge in [0.15, 0.2) is 5.78 Å². The fourth-order valence-electron chi connectivity index (χ4n) is 4.74. The van der Waals surface area contributed by atoms with Gasteiger partial charge in [0, 0.05) is 5.41 Å². The maximum atomic E-state index is 12.5. The Hall–Kier alpha value is 0.370. The molecule has 1 nitrogen and oxygen atoms in total. The summed E-state index contributed by atoms with van der Waals surface area (Å²) in [5.74, 6) is 0.473. The minimum absolute atomic E-state index is 0.0783. The molecular formula is C12H12Br2O. The van der Waals surface area contributed by atoms with E-state index in [0.29, 0.717) is 5.78 Å². The number of Topliss-reactive ketones (excluding diaryl/α,β-unsaturated/α-hetero) is 1. The summed E-state index contributed by atoms with van der Waals surface area (Å²) in [6.07, 6.45) is 6.92. The van der Waals surface area contributed by atoms with Crippen LogP contribution in [0, 0.1) is 10.8 Å². The Balaban J connectivity index is 2.00. The molecule has 0 aromatic heterocycles. The number of carbonyl (C=O) groups is 1. The topological polar surface area (TPSA) is 17.1 Å². The van der Waals surface area contributed by atoms with Crippen molar-refractivity contribution in [1.29, 1.82) is 0 Å². The van der Waals surface area contributed by atoms with Gasteiger partial charge in [0.25, 0.3) is 0 Å². The Labute approximate surface area is 106 Å². The number of rotatable bonds is 0. The van der Waals surface area contributed by atoms with Crippen LogP contribution in [0.2, 0.25) is 0 Å². The van der Waals surface area contributed by atoms with Gasteiger partial charge < -0.3 is 0 Å². The van der Waals surface area contributed by atoms with Crippen molar-refractivity contribution in [1.82, 2.24) is 0 Å². The highest BCUT2D eigenvalue weighted by Gasteiger charge is 2.93. The van der Waals surface area contributed by atoms with Gasteiger partial charge in [-0.3, -0.25) is 4.79 Å². The van der Waals surface area contributed by atoms with E-state index in [4.69, 9.17) is 0 Å². The summed E-state index contributed by atoms with van der Waals surface area (Å²) in [4.78, 5) is 12.5. The molecule has 0 spiro atoms. The number of carbonyl (C=O) groups excluding carboxylic acids is 1. The lowest BCUT2D eigenvalue weighted by molar-refractivity contribution is -0.120. The summed E-state index contributed by atoms with van der Waals surface area (Å²) < 4.78 is -0.0848. The van der Waals surface area contributed by atoms with Crippen LogP contribution in [-0.4, -0.2) is 9.02 Å². The van der Waals surface area contributed by atoms with Gasteiger partial charge in [0.1, 0.15) is 3.23 Å². The second-order valence-electron chi connectivity index (χ2n) is 5.38. The maximum Gasteiger partial charge on any atom is 0.168 e. The number of hydrogen-bond acceptors (Lipinski definition) is 1. The Morgan fingerprint density at radius 3 is 2.53 bits per heavy atom. The van der Waals surface area contributed by atoms with E-state index in [-0.39, 0.29) is 14.1 Å². The average molecular weight is 332 g/mol. The molecule has 2 fully saturated rings. The molecular weight excluding hydrogens is 320 g/mol. The van der Waals surface area contributed by atoms with Crippen LogP contribution in [0.4, 0.5) is 0 Å². The molecule has 0 amide bonds. The minimum atomic E-state index is -0.0848. The molecule has 4 rings (SSSR count). The minimum Gasteiger partial charge on any atom is -0.294 e. The molecule has 4 aliphatic carbocycles. The Morgan fingerprint density at radius 2 is 1.73 bits per heavy atom. The van der Waals surface area contributed by atoms with Crippen molar-refractivity contribution in [2.45, 2.75) is 41.8 Å². The van der Waals surface area contributed by atoms with Gasteiger partial charge in [0.05, 0.1) is 5.41 Å². The van der Waals surface area contributed by atoms with Crippen LogP contribution in [0.15, 0.2) is 11.1 Å². The highest BCUT2D eigenvalue weighted by atomic mass is 79.9. The molecule has 0 radical (unpaired) electrons. The van der Waals surface area contributed by atoms with Crippen molar-refractivity contribution < 1.29 is 4.79 Å². The number of alkyl halides is 2. The molecule has 0 aromatic carbocycles. The van der Waals surface area contributed by atoms with E-state index in [1.165, 1.54) is 36.8 Å². The monoisotopic (exact) mass is 330 g/mol. The lowest BCUT2D eigenvalue weighted by atomic mass is 9.92. The number of halogens is 2. The van der Waals surface area contributed by atoms with Crippen molar-refractivity contribution >= 4 is 37.6 Å². The molecule has 0 aromatic rings. The lowest BCUT2D eigenvalue weighted by Crippen LogP contribution is -2.21. The molecule has 2 atom stereocenters. The van der Waals surface area contributed by atoms with Crippen molar-refractivity contribution in [3.63, 3.8) is 0 Å². The molecule has 4 aliphatic rings. The molecule has 3 heteroatoms. The standard InChI is InChI=1S/C12H12Br2O/c13-12(14)10-5-2-6-11(10,12)9(15)7-3-1-4-8(7)10/h1-6H2/t10-,11+/m1/s1. The average Bonchev–Trinajstić information content (AvgIpc) is 2.70. The van der Waals surface area contributed by atoms with Crippen LogP contribution in [0.3, 0.4) is 0 Å². The normalized spacial score (nSPS) is 49.3. The van der Waals surface area contributed by atoms with Crippen LogP contribution in [0.1, 0.15) is 38.5 Å². The van der Waals surface area contributed by atoms with E-state index < -0.39 is 0 Å². The summed E-state index contributed by atoms with van der Waals surface area (Å²) in [7, 11) is 0. The first kappa shape index (κ1) is 9.41. The molecule has 0 unspecified atom stereocenters. The van der Waals surface area contributed by atoms with E-state index >= 15 is 0 Å². The molecule has 2 saturated carbocycles. The Morgan fingerprint density at radius 1 is 1.00 bits per heavy atom. The van der Waals surface area contributed by atoms with Gasteiger partial charge in [-0.25, -0.2) is 0 Å². The first-order valence-electron chi connectivity index (χ1n) is 5.75. The van der Waals surface area contributed by atoms with Gasteiger partial charge >= 0.3 is 0 Å². The predicted octanol–water partition coefficient (Wildman–Crippen LogP) is 3.71. The second kappa shape index (κ2) is 2.31. The zero-order chi connectivity index (χ0) is 10.5. The molecule has 15 heavy (non-hydrogen) atoms. The number of ketones is 1. The van der Waals surface area contributed by atoms with Crippen molar-refractivity contribution in [2.75, 3.05) is 0 Å². The maximum absolute atomic E-state index is 12.5. The van der Waals surface area contributed by atoms with E-state index in [9.17, 15) is 4.79 Å². The molecule has 0 heterocycles. The first-order chi connectivity index (χ1) is 7.09. The van der Waals surface area contributed by atoms with E-state index in [1.54, 1.807) is 0 Å². The number of hydrogen-bond donors (Lipinski definition) is 0. The van der Waals surface area contributed by atoms with E-state index in [0.717, 1.165) is 12.8 Å². The Bertz CT molecular complexity index is 437. The molecule has 80 valence electrons. The van der Waals surface area contributed by atoms with Crippen LogP contribution in [0.25, 0.3) is 0 Å². The van der Waals surface area contributed by atoms with Gasteiger partial charge in [-0.05, 0) is 37.7 Å². The Kier molecular flexibility index (Phi) is 1.45. The smallest absolute Gasteiger partial charge is 0.168 e. The van der Waals surface area contributed by atoms with E-state index in [1.807, 2.05) is 0 Å². The zero-order valence-electron chi connectivity index (χ0n) is 8.41. The summed E-state index contributed by atoms with van der Waals surface area (Å²) in [6.45, 7) is 0. The fourth-order valence-corrected chi connectivity index (χ4v) is 7.53. The quantitative estimate of drug-likeness (QED) is 0.618. The zero-order valence-corrected chi connectivity index (χ0v) is 11.6. The molecule has 0 aliphatic heterocycles. The summed E-state index contributed by atoms with van der Waals surface area (Å²) in [5.41, 5.74) is 2.83. The van der Waals surface area contributed by atoms with Gasteiger partial charge in [-0.15, -0.1) is 0 Å². The SMILES string of the molecule is O=C1C2=C(CCC2)[C@]23CCC[C@]12C3(Br)Br. The van der Waals surface area contributed by atoms with E-state index in [2.05, 4.69) is 31.9 Å². The fraction of sp³-hybridized carbons (Fsp3) is 0.750. The second-order valence-corrected chi connectivity index (χ2v) is 8.82. The third kappa shape index (κ3) is 0.624. The molecule has 0 bridgehead atoms. The summed E-state index contributed by atoms with van der Waals surface area (Å²) in [6, 6.07) is 0. The lowest BCUT2D eigenvalue weighted by Gasteiger charge is -2.20. The van der Waals surface area contributed by atoms with Crippen molar-refractivity contribution in [2.24, 2.45) is 10.8 Å².